The number of fused-ring (bicyclic) bond motifs is 1. The highest BCUT2D eigenvalue weighted by atomic mass is 16.7. The summed E-state index contributed by atoms with van der Waals surface area (Å²) in [5.41, 5.74) is -1.18. The molecule has 3 rings (SSSR count). The molecule has 3 aliphatic rings. The van der Waals surface area contributed by atoms with Crippen molar-refractivity contribution in [2.45, 2.75) is 95.2 Å². The molecule has 196 valence electrons. The number of nitrogens with zero attached hydrogens (tertiary/aromatic N) is 2. The van der Waals surface area contributed by atoms with Crippen molar-refractivity contribution in [3.8, 4) is 0 Å². The van der Waals surface area contributed by atoms with Crippen LogP contribution >= 0.6 is 0 Å². The van der Waals surface area contributed by atoms with E-state index in [0.717, 1.165) is 19.1 Å². The topological polar surface area (TPSA) is 112 Å². The van der Waals surface area contributed by atoms with E-state index in [2.05, 4.69) is 10.2 Å². The summed E-state index contributed by atoms with van der Waals surface area (Å²) in [4.78, 5) is 28.3. The van der Waals surface area contributed by atoms with Crippen LogP contribution < -0.4 is 5.32 Å². The van der Waals surface area contributed by atoms with Crippen LogP contribution in [-0.4, -0.2) is 109 Å². The van der Waals surface area contributed by atoms with E-state index in [1.807, 2.05) is 35.0 Å². The van der Waals surface area contributed by atoms with Crippen molar-refractivity contribution in [1.82, 2.24) is 15.1 Å². The number of ether oxygens (including phenoxy) is 2. The van der Waals surface area contributed by atoms with Gasteiger partial charge in [-0.05, 0) is 66.7 Å². The highest BCUT2D eigenvalue weighted by molar-refractivity contribution is 5.82. The van der Waals surface area contributed by atoms with Gasteiger partial charge in [-0.2, -0.15) is 0 Å². The first-order valence-electron chi connectivity index (χ1n) is 12.8. The second kappa shape index (κ2) is 11.3. The van der Waals surface area contributed by atoms with Crippen LogP contribution in [0.15, 0.2) is 0 Å². The molecule has 1 unspecified atom stereocenters. The molecule has 0 aliphatic carbocycles. The van der Waals surface area contributed by atoms with Crippen LogP contribution in [-0.2, 0) is 19.1 Å². The molecular weight excluding hydrogens is 438 g/mol. The molecule has 9 heteroatoms. The lowest BCUT2D eigenvalue weighted by Gasteiger charge is -2.55. The van der Waals surface area contributed by atoms with E-state index in [9.17, 15) is 19.8 Å². The average molecular weight is 484 g/mol. The van der Waals surface area contributed by atoms with Crippen LogP contribution in [0, 0.1) is 17.8 Å². The van der Waals surface area contributed by atoms with Gasteiger partial charge in [0, 0.05) is 24.4 Å². The molecule has 3 fully saturated rings. The summed E-state index contributed by atoms with van der Waals surface area (Å²) in [5, 5.41) is 26.3. The minimum atomic E-state index is -1.18. The summed E-state index contributed by atoms with van der Waals surface area (Å²) >= 11 is 0. The third-order valence-electron chi connectivity index (χ3n) is 8.31. The molecule has 0 radical (unpaired) electrons. The van der Waals surface area contributed by atoms with Gasteiger partial charge in [-0.3, -0.25) is 4.79 Å². The smallest absolute Gasteiger partial charge is 0.228 e. The molecule has 3 N–H and O–H groups in total. The van der Waals surface area contributed by atoms with Crippen molar-refractivity contribution in [1.29, 1.82) is 0 Å². The van der Waals surface area contributed by atoms with Crippen molar-refractivity contribution in [2.24, 2.45) is 17.8 Å². The number of carbonyl (C=O) groups is 2. The number of aliphatic hydroxyl groups is 2. The lowest BCUT2D eigenvalue weighted by Crippen LogP contribution is -2.64. The highest BCUT2D eigenvalue weighted by Gasteiger charge is 2.55. The third-order valence-corrected chi connectivity index (χ3v) is 8.31. The molecule has 0 spiro atoms. The minimum absolute atomic E-state index is 0.00524. The summed E-state index contributed by atoms with van der Waals surface area (Å²) in [6, 6.07) is -0.205. The maximum absolute atomic E-state index is 13.1. The molecule has 0 aromatic carbocycles. The Balaban J connectivity index is 1.81. The number of nitrogens with one attached hydrogen (secondary N) is 1. The van der Waals surface area contributed by atoms with E-state index in [-0.39, 0.29) is 24.0 Å². The number of hydrogen-bond acceptors (Lipinski definition) is 8. The van der Waals surface area contributed by atoms with Crippen molar-refractivity contribution in [3.63, 3.8) is 0 Å². The largest absolute Gasteiger partial charge is 0.392 e. The lowest BCUT2D eigenvalue weighted by molar-refractivity contribution is -0.326. The van der Waals surface area contributed by atoms with Gasteiger partial charge in [0.1, 0.15) is 6.29 Å². The van der Waals surface area contributed by atoms with Gasteiger partial charge in [0.15, 0.2) is 6.29 Å². The first-order chi connectivity index (χ1) is 16.0. The molecule has 10 atom stereocenters. The standard InChI is InChI=1S/C25H45N3O6/c1-15-12-20(27(5)6)19-13-25(32,9-10-26-4)22(34-24(19)33-15)16(2)21(30)17(3)23(31)28-11-7-8-18(28)14-29/h14-22,24,26,30,32H,7-13H2,1-6H3/t15-,16+,17-,18?,19-,20+,21+,22-,24+,25+/m1/s1. The van der Waals surface area contributed by atoms with Gasteiger partial charge in [0.25, 0.3) is 0 Å². The van der Waals surface area contributed by atoms with Gasteiger partial charge in [0.05, 0.1) is 35.9 Å². The number of amides is 1. The summed E-state index contributed by atoms with van der Waals surface area (Å²) in [6.45, 7) is 6.69. The van der Waals surface area contributed by atoms with E-state index in [1.54, 1.807) is 11.8 Å². The zero-order valence-electron chi connectivity index (χ0n) is 21.6. The second-order valence-electron chi connectivity index (χ2n) is 11.0. The Morgan fingerprint density at radius 2 is 2.03 bits per heavy atom. The Morgan fingerprint density at radius 3 is 2.65 bits per heavy atom. The van der Waals surface area contributed by atoms with E-state index in [0.29, 0.717) is 32.4 Å². The van der Waals surface area contributed by atoms with Crippen molar-refractivity contribution in [2.75, 3.05) is 34.2 Å². The zero-order chi connectivity index (χ0) is 25.2. The fraction of sp³-hybridized carbons (Fsp3) is 0.920. The third kappa shape index (κ3) is 5.50. The summed E-state index contributed by atoms with van der Waals surface area (Å²) in [5.74, 6) is -1.45. The van der Waals surface area contributed by atoms with E-state index in [4.69, 9.17) is 9.47 Å². The SMILES string of the molecule is CNCC[C@]1(O)C[C@H]2[C@@H](O[C@H](C)C[C@@H]2N(C)C)O[C@@H]1[C@@H](C)[C@H](O)[C@@H](C)C(=O)N1CCCC1C=O. The van der Waals surface area contributed by atoms with Crippen LogP contribution in [0.5, 0.6) is 0 Å². The predicted octanol–water partition coefficient (Wildman–Crippen LogP) is 0.620. The fourth-order valence-corrected chi connectivity index (χ4v) is 6.28. The molecule has 3 saturated heterocycles. The lowest BCUT2D eigenvalue weighted by atomic mass is 9.70. The van der Waals surface area contributed by atoms with Crippen LogP contribution in [0.3, 0.4) is 0 Å². The van der Waals surface area contributed by atoms with E-state index < -0.39 is 42.0 Å². The normalized spacial score (nSPS) is 38.9. The van der Waals surface area contributed by atoms with Gasteiger partial charge < -0.3 is 39.6 Å². The Kier molecular flexibility index (Phi) is 9.14. The minimum Gasteiger partial charge on any atom is -0.392 e. The number of rotatable bonds is 9. The quantitative estimate of drug-likeness (QED) is 0.409. The zero-order valence-corrected chi connectivity index (χ0v) is 21.6. The van der Waals surface area contributed by atoms with Crippen LogP contribution in [0.2, 0.25) is 0 Å². The Bertz CT molecular complexity index is 708. The first-order valence-corrected chi connectivity index (χ1v) is 12.8. The highest BCUT2D eigenvalue weighted by Crippen LogP contribution is 2.45. The maximum atomic E-state index is 13.1. The number of likely N-dealkylation sites (tertiary alicyclic amines) is 1. The molecule has 0 bridgehead atoms. The number of hydrogen-bond donors (Lipinski definition) is 3. The maximum Gasteiger partial charge on any atom is 0.228 e. The van der Waals surface area contributed by atoms with Gasteiger partial charge in [-0.1, -0.05) is 13.8 Å². The molecule has 3 heterocycles. The molecule has 0 saturated carbocycles. The molecule has 0 aromatic rings. The van der Waals surface area contributed by atoms with Gasteiger partial charge in [-0.15, -0.1) is 0 Å². The molecular formula is C25H45N3O6. The molecule has 9 nitrogen and oxygen atoms in total. The molecule has 3 aliphatic heterocycles. The van der Waals surface area contributed by atoms with Crippen molar-refractivity contribution >= 4 is 12.2 Å². The number of carbonyl (C=O) groups excluding carboxylic acids is 2. The van der Waals surface area contributed by atoms with Gasteiger partial charge >= 0.3 is 0 Å². The molecule has 1 amide bonds. The summed E-state index contributed by atoms with van der Waals surface area (Å²) in [6.07, 6.45) is 1.91. The Hall–Kier alpha value is -1.10. The van der Waals surface area contributed by atoms with Crippen LogP contribution in [0.25, 0.3) is 0 Å². The fourth-order valence-electron chi connectivity index (χ4n) is 6.28. The monoisotopic (exact) mass is 483 g/mol. The van der Waals surface area contributed by atoms with Crippen molar-refractivity contribution in [3.05, 3.63) is 0 Å². The summed E-state index contributed by atoms with van der Waals surface area (Å²) < 4.78 is 12.6. The van der Waals surface area contributed by atoms with Gasteiger partial charge in [-0.25, -0.2) is 0 Å². The molecule has 0 aromatic heterocycles. The predicted molar refractivity (Wildman–Crippen MR) is 128 cm³/mol. The second-order valence-corrected chi connectivity index (χ2v) is 11.0. The number of aldehydes is 1. The average Bonchev–Trinajstić information content (AvgIpc) is 3.29. The Labute approximate surface area is 204 Å². The number of aliphatic hydroxyl groups excluding tert-OH is 1. The van der Waals surface area contributed by atoms with Crippen molar-refractivity contribution < 1.29 is 29.3 Å². The molecule has 34 heavy (non-hydrogen) atoms. The first kappa shape index (κ1) is 27.5. The summed E-state index contributed by atoms with van der Waals surface area (Å²) in [7, 11) is 5.93. The van der Waals surface area contributed by atoms with Crippen LogP contribution in [0.4, 0.5) is 0 Å². The van der Waals surface area contributed by atoms with Gasteiger partial charge in [0.2, 0.25) is 5.91 Å². The Morgan fingerprint density at radius 1 is 1.32 bits per heavy atom. The van der Waals surface area contributed by atoms with Crippen LogP contribution in [0.1, 0.15) is 52.9 Å². The van der Waals surface area contributed by atoms with E-state index in [1.165, 1.54) is 0 Å². The van der Waals surface area contributed by atoms with E-state index >= 15 is 0 Å².